The fourth-order valence-corrected chi connectivity index (χ4v) is 1.10. The van der Waals surface area contributed by atoms with Crippen LogP contribution >= 0.6 is 0 Å². The lowest BCUT2D eigenvalue weighted by molar-refractivity contribution is -0.137. The Morgan fingerprint density at radius 1 is 1.33 bits per heavy atom. The van der Waals surface area contributed by atoms with E-state index in [1.807, 2.05) is 0 Å². The number of halogens is 3. The third kappa shape index (κ3) is 2.97. The number of aryl methyl sites for hydroxylation is 1. The topological polar surface area (TPSA) is 26.3 Å². The molecule has 2 nitrogen and oxygen atoms in total. The number of hydrogen-bond donors (Lipinski definition) is 0. The van der Waals surface area contributed by atoms with Gasteiger partial charge < -0.3 is 4.74 Å². The molecule has 0 fully saturated rings. The lowest BCUT2D eigenvalue weighted by Crippen LogP contribution is -2.07. The van der Waals surface area contributed by atoms with E-state index >= 15 is 0 Å². The third-order valence-electron chi connectivity index (χ3n) is 1.76. The highest BCUT2D eigenvalue weighted by Gasteiger charge is 2.30. The Morgan fingerprint density at radius 2 is 1.93 bits per heavy atom. The van der Waals surface area contributed by atoms with E-state index in [1.54, 1.807) is 0 Å². The minimum Gasteiger partial charge on any atom is -0.426 e. The number of benzene rings is 1. The van der Waals surface area contributed by atoms with E-state index in [9.17, 15) is 18.0 Å². The van der Waals surface area contributed by atoms with Gasteiger partial charge in [-0.3, -0.25) is 4.79 Å². The predicted molar refractivity (Wildman–Crippen MR) is 47.5 cm³/mol. The summed E-state index contributed by atoms with van der Waals surface area (Å²) in [4.78, 5) is 10.6. The summed E-state index contributed by atoms with van der Waals surface area (Å²) in [6.07, 6.45) is -4.38. The van der Waals surface area contributed by atoms with Gasteiger partial charge >= 0.3 is 12.1 Å². The summed E-state index contributed by atoms with van der Waals surface area (Å²) in [6.45, 7) is 2.64. The van der Waals surface area contributed by atoms with Gasteiger partial charge in [0, 0.05) is 6.92 Å². The summed E-state index contributed by atoms with van der Waals surface area (Å²) >= 11 is 0. The molecule has 0 atom stereocenters. The molecule has 82 valence electrons. The maximum atomic E-state index is 12.3. The quantitative estimate of drug-likeness (QED) is 0.535. The first kappa shape index (κ1) is 11.6. The predicted octanol–water partition coefficient (Wildman–Crippen LogP) is 2.94. The van der Waals surface area contributed by atoms with Crippen LogP contribution in [0.1, 0.15) is 18.1 Å². The molecule has 0 N–H and O–H groups in total. The van der Waals surface area contributed by atoms with Crippen LogP contribution in [0.3, 0.4) is 0 Å². The molecular formula is C10H9F3O2. The van der Waals surface area contributed by atoms with Gasteiger partial charge in [0.2, 0.25) is 0 Å². The molecule has 0 aliphatic heterocycles. The highest BCUT2D eigenvalue weighted by atomic mass is 19.4. The van der Waals surface area contributed by atoms with Gasteiger partial charge in [0.05, 0.1) is 5.56 Å². The summed E-state index contributed by atoms with van der Waals surface area (Å²) in [5.41, 5.74) is -0.476. The van der Waals surface area contributed by atoms with Crippen molar-refractivity contribution in [2.24, 2.45) is 0 Å². The Labute approximate surface area is 84.7 Å². The Hall–Kier alpha value is -1.52. The van der Waals surface area contributed by atoms with Crippen molar-refractivity contribution in [1.29, 1.82) is 0 Å². The minimum absolute atomic E-state index is 0.149. The molecule has 0 heterocycles. The standard InChI is InChI=1S/C10H9F3O2/c1-6-5-8(10(11,12)13)3-4-9(6)15-7(2)14/h3-5H,1-2H3. The maximum absolute atomic E-state index is 12.3. The van der Waals surface area contributed by atoms with Gasteiger partial charge in [-0.05, 0) is 30.7 Å². The van der Waals surface area contributed by atoms with E-state index in [0.29, 0.717) is 0 Å². The number of esters is 1. The van der Waals surface area contributed by atoms with Crippen molar-refractivity contribution in [3.63, 3.8) is 0 Å². The molecule has 1 aromatic carbocycles. The van der Waals surface area contributed by atoms with Crippen molar-refractivity contribution in [1.82, 2.24) is 0 Å². The van der Waals surface area contributed by atoms with Gasteiger partial charge in [0.1, 0.15) is 5.75 Å². The fraction of sp³-hybridized carbons (Fsp3) is 0.300. The average molecular weight is 218 g/mol. The molecule has 0 unspecified atom stereocenters. The highest BCUT2D eigenvalue weighted by Crippen LogP contribution is 2.32. The molecule has 0 saturated carbocycles. The average Bonchev–Trinajstić information content (AvgIpc) is 2.05. The number of alkyl halides is 3. The van der Waals surface area contributed by atoms with Gasteiger partial charge in [0.25, 0.3) is 0 Å². The van der Waals surface area contributed by atoms with Crippen LogP contribution in [0.5, 0.6) is 5.75 Å². The molecule has 0 aliphatic carbocycles. The second-order valence-electron chi connectivity index (χ2n) is 3.07. The summed E-state index contributed by atoms with van der Waals surface area (Å²) in [5.74, 6) is -0.409. The van der Waals surface area contributed by atoms with Crippen LogP contribution < -0.4 is 4.74 Å². The van der Waals surface area contributed by atoms with Crippen molar-refractivity contribution in [3.05, 3.63) is 29.3 Å². The first-order valence-corrected chi connectivity index (χ1v) is 4.17. The number of rotatable bonds is 1. The molecule has 0 spiro atoms. The molecule has 5 heteroatoms. The van der Waals surface area contributed by atoms with Crippen LogP contribution in [-0.2, 0) is 11.0 Å². The normalized spacial score (nSPS) is 11.3. The van der Waals surface area contributed by atoms with Crippen molar-refractivity contribution < 1.29 is 22.7 Å². The van der Waals surface area contributed by atoms with Crippen LogP contribution in [-0.4, -0.2) is 5.97 Å². The lowest BCUT2D eigenvalue weighted by atomic mass is 10.1. The smallest absolute Gasteiger partial charge is 0.416 e. The molecule has 0 amide bonds. The zero-order valence-electron chi connectivity index (χ0n) is 8.18. The van der Waals surface area contributed by atoms with E-state index in [0.717, 1.165) is 18.2 Å². The van der Waals surface area contributed by atoms with Crippen LogP contribution in [0, 0.1) is 6.92 Å². The van der Waals surface area contributed by atoms with Gasteiger partial charge in [-0.2, -0.15) is 13.2 Å². The second-order valence-corrected chi connectivity index (χ2v) is 3.07. The fourth-order valence-electron chi connectivity index (χ4n) is 1.10. The Kier molecular flexibility index (Phi) is 3.02. The zero-order chi connectivity index (χ0) is 11.6. The number of carbonyl (C=O) groups is 1. The first-order valence-electron chi connectivity index (χ1n) is 4.17. The van der Waals surface area contributed by atoms with E-state index in [2.05, 4.69) is 0 Å². The monoisotopic (exact) mass is 218 g/mol. The van der Waals surface area contributed by atoms with Gasteiger partial charge in [-0.15, -0.1) is 0 Å². The van der Waals surface area contributed by atoms with Crippen LogP contribution in [0.25, 0.3) is 0 Å². The molecule has 1 aromatic rings. The summed E-state index contributed by atoms with van der Waals surface area (Å²) in [7, 11) is 0. The summed E-state index contributed by atoms with van der Waals surface area (Å²) in [6, 6.07) is 2.96. The minimum atomic E-state index is -4.38. The SMILES string of the molecule is CC(=O)Oc1ccc(C(F)(F)F)cc1C. The van der Waals surface area contributed by atoms with Crippen LogP contribution in [0.4, 0.5) is 13.2 Å². The van der Waals surface area contributed by atoms with E-state index in [1.165, 1.54) is 13.8 Å². The molecule has 0 radical (unpaired) electrons. The van der Waals surface area contributed by atoms with E-state index in [4.69, 9.17) is 4.74 Å². The lowest BCUT2D eigenvalue weighted by Gasteiger charge is -2.10. The summed E-state index contributed by atoms with van der Waals surface area (Å²) in [5, 5.41) is 0. The van der Waals surface area contributed by atoms with Crippen LogP contribution in [0.2, 0.25) is 0 Å². The Morgan fingerprint density at radius 3 is 2.33 bits per heavy atom. The first-order chi connectivity index (χ1) is 6.80. The maximum Gasteiger partial charge on any atom is 0.416 e. The second kappa shape index (κ2) is 3.92. The Bertz CT molecular complexity index is 383. The molecule has 0 saturated heterocycles. The number of carbonyl (C=O) groups excluding carboxylic acids is 1. The molecule has 15 heavy (non-hydrogen) atoms. The van der Waals surface area contributed by atoms with E-state index < -0.39 is 17.7 Å². The number of hydrogen-bond acceptors (Lipinski definition) is 2. The highest BCUT2D eigenvalue weighted by molar-refractivity contribution is 5.69. The van der Waals surface area contributed by atoms with Crippen LogP contribution in [0.15, 0.2) is 18.2 Å². The molecule has 0 bridgehead atoms. The molecule has 0 aliphatic rings. The van der Waals surface area contributed by atoms with Crippen molar-refractivity contribution in [2.45, 2.75) is 20.0 Å². The zero-order valence-corrected chi connectivity index (χ0v) is 8.18. The summed E-state index contributed by atoms with van der Waals surface area (Å²) < 4.78 is 41.5. The van der Waals surface area contributed by atoms with Crippen molar-refractivity contribution in [3.8, 4) is 5.75 Å². The van der Waals surface area contributed by atoms with Crippen molar-refractivity contribution >= 4 is 5.97 Å². The molecular weight excluding hydrogens is 209 g/mol. The molecule has 0 aromatic heterocycles. The Balaban J connectivity index is 3.03. The third-order valence-corrected chi connectivity index (χ3v) is 1.76. The van der Waals surface area contributed by atoms with Gasteiger partial charge in [0.15, 0.2) is 0 Å². The van der Waals surface area contributed by atoms with Crippen molar-refractivity contribution in [2.75, 3.05) is 0 Å². The molecule has 1 rings (SSSR count). The largest absolute Gasteiger partial charge is 0.426 e. The van der Waals surface area contributed by atoms with E-state index in [-0.39, 0.29) is 11.3 Å². The van der Waals surface area contributed by atoms with Gasteiger partial charge in [-0.1, -0.05) is 0 Å². The van der Waals surface area contributed by atoms with Gasteiger partial charge in [-0.25, -0.2) is 0 Å². The number of ether oxygens (including phenoxy) is 1.